The van der Waals surface area contributed by atoms with Gasteiger partial charge in [0.05, 0.1) is 0 Å². The van der Waals surface area contributed by atoms with Gasteiger partial charge in [0.1, 0.15) is 0 Å². The molecule has 4 fully saturated rings. The molecule has 0 aromatic carbocycles. The van der Waals surface area contributed by atoms with Crippen molar-refractivity contribution >= 4 is 0 Å². The van der Waals surface area contributed by atoms with Gasteiger partial charge in [0.25, 0.3) is 0 Å². The van der Waals surface area contributed by atoms with Crippen LogP contribution in [0.5, 0.6) is 0 Å². The van der Waals surface area contributed by atoms with E-state index in [2.05, 4.69) is 79.7 Å². The number of methoxy groups -OCH3 is 4. The van der Waals surface area contributed by atoms with E-state index in [9.17, 15) is 0 Å². The molecule has 4 aliphatic carbocycles. The lowest BCUT2D eigenvalue weighted by Gasteiger charge is -2.48. The van der Waals surface area contributed by atoms with E-state index in [1.165, 1.54) is 125 Å². The van der Waals surface area contributed by atoms with Gasteiger partial charge in [-0.05, 0) is 154 Å². The summed E-state index contributed by atoms with van der Waals surface area (Å²) in [6.07, 6.45) is 29.0. The van der Waals surface area contributed by atoms with Crippen LogP contribution in [-0.4, -0.2) is 80.0 Å². The molecule has 4 aliphatic heterocycles. The molecule has 0 saturated carbocycles. The van der Waals surface area contributed by atoms with Crippen molar-refractivity contribution in [2.45, 2.75) is 183 Å². The van der Waals surface area contributed by atoms with E-state index in [4.69, 9.17) is 37.9 Å². The highest BCUT2D eigenvalue weighted by Crippen LogP contribution is 2.52. The highest BCUT2D eigenvalue weighted by molar-refractivity contribution is 5.15. The van der Waals surface area contributed by atoms with Crippen molar-refractivity contribution in [1.82, 2.24) is 0 Å². The molecule has 8 heteroatoms. The fourth-order valence-corrected chi connectivity index (χ4v) is 12.8. The van der Waals surface area contributed by atoms with Crippen molar-refractivity contribution < 1.29 is 37.9 Å². The minimum atomic E-state index is 0.00519. The molecule has 60 heavy (non-hydrogen) atoms. The minimum Gasteiger partial charge on any atom is -0.355 e. The van der Waals surface area contributed by atoms with Gasteiger partial charge < -0.3 is 37.9 Å². The first-order chi connectivity index (χ1) is 28.8. The van der Waals surface area contributed by atoms with E-state index in [0.29, 0.717) is 23.7 Å². The van der Waals surface area contributed by atoms with E-state index in [1.807, 2.05) is 0 Å². The van der Waals surface area contributed by atoms with Gasteiger partial charge in [-0.2, -0.15) is 0 Å². The van der Waals surface area contributed by atoms with E-state index >= 15 is 0 Å². The highest BCUT2D eigenvalue weighted by Gasteiger charge is 2.50. The first-order valence-corrected chi connectivity index (χ1v) is 24.0. The molecule has 8 nitrogen and oxygen atoms in total. The molecule has 0 aromatic rings. The zero-order chi connectivity index (χ0) is 43.6. The van der Waals surface area contributed by atoms with Gasteiger partial charge in [-0.1, -0.05) is 74.3 Å². The smallest absolute Gasteiger partial charge is 0.163 e. The van der Waals surface area contributed by atoms with Crippen molar-refractivity contribution in [2.24, 2.45) is 45.3 Å². The Hall–Kier alpha value is -1.36. The fourth-order valence-electron chi connectivity index (χ4n) is 12.8. The van der Waals surface area contributed by atoms with Crippen molar-refractivity contribution in [2.75, 3.05) is 54.9 Å². The lowest BCUT2D eigenvalue weighted by atomic mass is 9.64. The number of ether oxygens (including phenoxy) is 8. The summed E-state index contributed by atoms with van der Waals surface area (Å²) in [5.74, 6) is 2.32. The van der Waals surface area contributed by atoms with E-state index in [-0.39, 0.29) is 46.8 Å². The van der Waals surface area contributed by atoms with Crippen LogP contribution < -0.4 is 0 Å². The third kappa shape index (κ3) is 10.9. The average Bonchev–Trinajstić information content (AvgIpc) is 3.25. The van der Waals surface area contributed by atoms with Gasteiger partial charge in [0.2, 0.25) is 0 Å². The van der Waals surface area contributed by atoms with Crippen LogP contribution in [0.25, 0.3) is 0 Å². The summed E-state index contributed by atoms with van der Waals surface area (Å²) in [5, 5.41) is 0. The molecule has 0 amide bonds. The Morgan fingerprint density at radius 3 is 0.733 bits per heavy atom. The predicted octanol–water partition coefficient (Wildman–Crippen LogP) is 12.5. The molecule has 4 heterocycles. The summed E-state index contributed by atoms with van der Waals surface area (Å²) in [6, 6.07) is 0. The molecule has 8 aliphatic rings. The van der Waals surface area contributed by atoms with Crippen molar-refractivity contribution in [3.8, 4) is 0 Å². The summed E-state index contributed by atoms with van der Waals surface area (Å²) in [5.41, 5.74) is 7.06. The molecule has 0 bridgehead atoms. The van der Waals surface area contributed by atoms with Crippen molar-refractivity contribution in [3.63, 3.8) is 0 Å². The first kappa shape index (κ1) is 49.7. The summed E-state index contributed by atoms with van der Waals surface area (Å²) in [4.78, 5) is 0. The topological polar surface area (TPSA) is 73.8 Å². The SMILES string of the molecule is CO[C@@H]1OCCC[C@@]12CCC(C)=C[C@@H]2C.CO[C@@H]1OCCC[C@@]12CCC(C)=C[C@H]2C.CO[C@H]1OCCC[C@@]12CCC(C)=C[C@@H]2C.CO[C@H]1OCCC[C@@]12CCC(C)=C[C@H]2C. The average molecular weight is 841 g/mol. The predicted molar refractivity (Wildman–Crippen MR) is 242 cm³/mol. The normalized spacial score (nSPS) is 41.7. The third-order valence-corrected chi connectivity index (χ3v) is 16.7. The number of hydrogen-bond donors (Lipinski definition) is 0. The molecule has 344 valence electrons. The second kappa shape index (κ2) is 22.5. The summed E-state index contributed by atoms with van der Waals surface area (Å²) in [6.45, 7) is 21.6. The molecule has 0 aromatic heterocycles. The van der Waals surface area contributed by atoms with Crippen LogP contribution in [0.1, 0.15) is 158 Å². The molecule has 0 N–H and O–H groups in total. The Balaban J connectivity index is 0.000000152. The summed E-state index contributed by atoms with van der Waals surface area (Å²) >= 11 is 0. The maximum absolute atomic E-state index is 5.77. The van der Waals surface area contributed by atoms with Crippen molar-refractivity contribution in [1.29, 1.82) is 0 Å². The van der Waals surface area contributed by atoms with Crippen LogP contribution >= 0.6 is 0 Å². The number of allylic oxidation sites excluding steroid dienone is 8. The molecule has 4 saturated heterocycles. The lowest BCUT2D eigenvalue weighted by molar-refractivity contribution is -0.233. The van der Waals surface area contributed by atoms with Crippen LogP contribution in [0.2, 0.25) is 0 Å². The van der Waals surface area contributed by atoms with Gasteiger partial charge in [0, 0.05) is 76.5 Å². The molecule has 4 spiro atoms. The molecular weight excluding hydrogens is 753 g/mol. The van der Waals surface area contributed by atoms with E-state index in [0.717, 1.165) is 26.4 Å². The quantitative estimate of drug-likeness (QED) is 0.259. The number of hydrogen-bond acceptors (Lipinski definition) is 8. The van der Waals surface area contributed by atoms with Crippen LogP contribution in [0.3, 0.4) is 0 Å². The maximum Gasteiger partial charge on any atom is 0.163 e. The molecular formula is C52H88O8. The van der Waals surface area contributed by atoms with E-state index in [1.54, 1.807) is 28.4 Å². The Labute approximate surface area is 366 Å². The van der Waals surface area contributed by atoms with Gasteiger partial charge in [-0.15, -0.1) is 0 Å². The second-order valence-corrected chi connectivity index (χ2v) is 20.3. The highest BCUT2D eigenvalue weighted by atomic mass is 16.7. The van der Waals surface area contributed by atoms with E-state index < -0.39 is 0 Å². The fraction of sp³-hybridized carbons (Fsp3) is 0.846. The Kier molecular flexibility index (Phi) is 18.6. The molecule has 0 unspecified atom stereocenters. The standard InChI is InChI=1S/4C13H22O2/c4*1-10-5-7-13(11(2)9-10)6-4-8-15-12(13)14-3/h4*9,11-12H,4-8H2,1-3H3/t11-,12+,13+;11-,12+,13-;11-,12-,13+;11-,12-,13-/m1010/s1. The van der Waals surface area contributed by atoms with Crippen LogP contribution in [0.15, 0.2) is 46.6 Å². The summed E-state index contributed by atoms with van der Waals surface area (Å²) < 4.78 is 45.3. The summed E-state index contributed by atoms with van der Waals surface area (Å²) in [7, 11) is 7.09. The van der Waals surface area contributed by atoms with Gasteiger partial charge in [-0.25, -0.2) is 0 Å². The maximum atomic E-state index is 5.77. The van der Waals surface area contributed by atoms with Crippen LogP contribution in [0, 0.1) is 45.3 Å². The molecule has 8 rings (SSSR count). The second-order valence-electron chi connectivity index (χ2n) is 20.3. The monoisotopic (exact) mass is 841 g/mol. The lowest BCUT2D eigenvalue weighted by Crippen LogP contribution is -2.47. The van der Waals surface area contributed by atoms with Gasteiger partial charge in [-0.3, -0.25) is 0 Å². The molecule has 0 radical (unpaired) electrons. The Morgan fingerprint density at radius 2 is 0.567 bits per heavy atom. The van der Waals surface area contributed by atoms with Crippen LogP contribution in [0.4, 0.5) is 0 Å². The zero-order valence-electron chi connectivity index (χ0n) is 40.3. The largest absolute Gasteiger partial charge is 0.355 e. The van der Waals surface area contributed by atoms with Gasteiger partial charge >= 0.3 is 0 Å². The Morgan fingerprint density at radius 1 is 0.367 bits per heavy atom. The Bertz CT molecular complexity index is 1250. The minimum absolute atomic E-state index is 0.00519. The van der Waals surface area contributed by atoms with Crippen LogP contribution in [-0.2, 0) is 37.9 Å². The van der Waals surface area contributed by atoms with Gasteiger partial charge in [0.15, 0.2) is 25.2 Å². The zero-order valence-corrected chi connectivity index (χ0v) is 40.3. The first-order valence-electron chi connectivity index (χ1n) is 24.0. The van der Waals surface area contributed by atoms with Crippen molar-refractivity contribution in [3.05, 3.63) is 46.6 Å². The third-order valence-electron chi connectivity index (χ3n) is 16.7. The molecule has 12 atom stereocenters. The number of rotatable bonds is 4.